The molecular weight excluding hydrogens is 340 g/mol. The van der Waals surface area contributed by atoms with Crippen molar-refractivity contribution in [2.75, 3.05) is 32.0 Å². The number of hydrogen-bond acceptors (Lipinski definition) is 5. The van der Waals surface area contributed by atoms with Gasteiger partial charge in [0.05, 0.1) is 5.69 Å². The summed E-state index contributed by atoms with van der Waals surface area (Å²) in [4.78, 5) is 18.4. The third-order valence-corrected chi connectivity index (χ3v) is 4.85. The minimum absolute atomic E-state index is 0.212. The van der Waals surface area contributed by atoms with Crippen LogP contribution in [-0.4, -0.2) is 42.7 Å². The first-order valence-corrected chi connectivity index (χ1v) is 9.53. The Hall–Kier alpha value is -2.60. The second-order valence-corrected chi connectivity index (χ2v) is 6.92. The zero-order valence-electron chi connectivity index (χ0n) is 15.9. The third kappa shape index (κ3) is 5.96. The number of aromatic nitrogens is 1. The minimum Gasteiger partial charge on any atom is -0.445 e. The number of hydrogen-bond donors (Lipinski definition) is 2. The summed E-state index contributed by atoms with van der Waals surface area (Å²) < 4.78 is 5.43. The van der Waals surface area contributed by atoms with Crippen LogP contribution in [0.25, 0.3) is 0 Å². The largest absolute Gasteiger partial charge is 0.445 e. The lowest BCUT2D eigenvalue weighted by Crippen LogP contribution is -2.40. The van der Waals surface area contributed by atoms with Crippen LogP contribution in [0.5, 0.6) is 0 Å². The van der Waals surface area contributed by atoms with Crippen molar-refractivity contribution in [3.63, 3.8) is 0 Å². The van der Waals surface area contributed by atoms with E-state index in [1.54, 1.807) is 0 Å². The molecule has 2 N–H and O–H groups in total. The topological polar surface area (TPSA) is 66.5 Å². The summed E-state index contributed by atoms with van der Waals surface area (Å²) >= 11 is 0. The maximum atomic E-state index is 12.2. The Morgan fingerprint density at radius 3 is 2.74 bits per heavy atom. The average molecular weight is 368 g/mol. The van der Waals surface area contributed by atoms with Crippen molar-refractivity contribution in [3.8, 4) is 0 Å². The van der Waals surface area contributed by atoms with Crippen molar-refractivity contribution in [3.05, 3.63) is 59.9 Å². The van der Waals surface area contributed by atoms with Crippen molar-refractivity contribution in [1.82, 2.24) is 15.2 Å². The van der Waals surface area contributed by atoms with Crippen LogP contribution in [0.15, 0.2) is 48.7 Å². The zero-order valence-corrected chi connectivity index (χ0v) is 15.9. The number of ether oxygens (including phenoxy) is 1. The number of nitrogens with zero attached hydrogens (tertiary/aromatic N) is 2. The molecule has 0 bridgehead atoms. The summed E-state index contributed by atoms with van der Waals surface area (Å²) in [6, 6.07) is 13.9. The van der Waals surface area contributed by atoms with E-state index in [4.69, 9.17) is 4.74 Å². The van der Waals surface area contributed by atoms with Gasteiger partial charge in [0.1, 0.15) is 6.61 Å². The van der Waals surface area contributed by atoms with Gasteiger partial charge in [-0.3, -0.25) is 4.98 Å². The molecule has 6 nitrogen and oxygen atoms in total. The standard InChI is InChI=1S/C21H28N4O2/c1-22-15-20-13-19(7-10-23-20)24-14-17-8-11-25(12-9-17)21(26)27-16-18-5-3-2-4-6-18/h2-7,10,13,17,22H,8-9,11-12,14-16H2,1H3,(H,23,24). The Morgan fingerprint density at radius 2 is 2.00 bits per heavy atom. The van der Waals surface area contributed by atoms with Crippen LogP contribution in [0.2, 0.25) is 0 Å². The van der Waals surface area contributed by atoms with Gasteiger partial charge in [0.15, 0.2) is 0 Å². The molecule has 0 saturated carbocycles. The molecule has 0 atom stereocenters. The van der Waals surface area contributed by atoms with E-state index in [2.05, 4.69) is 21.7 Å². The summed E-state index contributed by atoms with van der Waals surface area (Å²) in [6.07, 6.45) is 3.60. The maximum absolute atomic E-state index is 12.2. The van der Waals surface area contributed by atoms with Gasteiger partial charge in [0.25, 0.3) is 0 Å². The molecule has 1 aliphatic rings. The first-order valence-electron chi connectivity index (χ1n) is 9.53. The summed E-state index contributed by atoms with van der Waals surface area (Å²) in [5.41, 5.74) is 3.14. The summed E-state index contributed by atoms with van der Waals surface area (Å²) in [7, 11) is 1.92. The molecule has 1 saturated heterocycles. The second kappa shape index (κ2) is 9.92. The van der Waals surface area contributed by atoms with E-state index in [1.165, 1.54) is 0 Å². The van der Waals surface area contributed by atoms with Crippen LogP contribution in [0.3, 0.4) is 0 Å². The Morgan fingerprint density at radius 1 is 1.22 bits per heavy atom. The molecule has 2 heterocycles. The van der Waals surface area contributed by atoms with E-state index >= 15 is 0 Å². The second-order valence-electron chi connectivity index (χ2n) is 6.92. The minimum atomic E-state index is -0.212. The lowest BCUT2D eigenvalue weighted by molar-refractivity contribution is 0.0832. The number of rotatable bonds is 7. The Kier molecular flexibility index (Phi) is 7.04. The molecule has 0 aliphatic carbocycles. The monoisotopic (exact) mass is 368 g/mol. The Bertz CT molecular complexity index is 715. The quantitative estimate of drug-likeness (QED) is 0.785. The fourth-order valence-electron chi connectivity index (χ4n) is 3.26. The van der Waals surface area contributed by atoms with Gasteiger partial charge in [-0.05, 0) is 43.5 Å². The maximum Gasteiger partial charge on any atom is 0.410 e. The number of likely N-dealkylation sites (tertiary alicyclic amines) is 1. The van der Waals surface area contributed by atoms with Crippen LogP contribution in [0.4, 0.5) is 10.5 Å². The first-order chi connectivity index (χ1) is 13.2. The van der Waals surface area contributed by atoms with Gasteiger partial charge in [-0.25, -0.2) is 4.79 Å². The highest BCUT2D eigenvalue weighted by Gasteiger charge is 2.23. The zero-order chi connectivity index (χ0) is 18.9. The molecule has 1 aromatic carbocycles. The molecule has 0 spiro atoms. The van der Waals surface area contributed by atoms with Gasteiger partial charge in [-0.15, -0.1) is 0 Å². The van der Waals surface area contributed by atoms with E-state index in [1.807, 2.05) is 54.5 Å². The number of anilines is 1. The molecule has 0 unspecified atom stereocenters. The van der Waals surface area contributed by atoms with Crippen LogP contribution >= 0.6 is 0 Å². The molecule has 3 rings (SSSR count). The number of pyridine rings is 1. The van der Waals surface area contributed by atoms with Crippen LogP contribution in [0, 0.1) is 5.92 Å². The summed E-state index contributed by atoms with van der Waals surface area (Å²) in [6.45, 7) is 3.51. The molecule has 2 aromatic rings. The first kappa shape index (κ1) is 19.2. The highest BCUT2D eigenvalue weighted by atomic mass is 16.6. The van der Waals surface area contributed by atoms with E-state index in [9.17, 15) is 4.79 Å². The molecule has 1 aromatic heterocycles. The SMILES string of the molecule is CNCc1cc(NCC2CCN(C(=O)OCc3ccccc3)CC2)ccn1. The smallest absolute Gasteiger partial charge is 0.410 e. The molecule has 0 radical (unpaired) electrons. The molecule has 1 aliphatic heterocycles. The summed E-state index contributed by atoms with van der Waals surface area (Å²) in [5.74, 6) is 0.559. The van der Waals surface area contributed by atoms with Gasteiger partial charge >= 0.3 is 6.09 Å². The van der Waals surface area contributed by atoms with Crippen LogP contribution in [-0.2, 0) is 17.9 Å². The normalized spacial score (nSPS) is 14.8. The van der Waals surface area contributed by atoms with Crippen molar-refractivity contribution >= 4 is 11.8 Å². The molecular formula is C21H28N4O2. The van der Waals surface area contributed by atoms with Gasteiger partial charge in [-0.2, -0.15) is 0 Å². The lowest BCUT2D eigenvalue weighted by atomic mass is 9.97. The van der Waals surface area contributed by atoms with Crippen molar-refractivity contribution in [2.24, 2.45) is 5.92 Å². The third-order valence-electron chi connectivity index (χ3n) is 4.85. The van der Waals surface area contributed by atoms with Gasteiger partial charge in [0, 0.05) is 38.1 Å². The van der Waals surface area contributed by atoms with E-state index in [0.717, 1.165) is 56.0 Å². The number of nitrogens with one attached hydrogen (secondary N) is 2. The highest BCUT2D eigenvalue weighted by Crippen LogP contribution is 2.19. The molecule has 144 valence electrons. The number of carbonyl (C=O) groups is 1. The predicted molar refractivity (Wildman–Crippen MR) is 106 cm³/mol. The van der Waals surface area contributed by atoms with E-state index < -0.39 is 0 Å². The predicted octanol–water partition coefficient (Wildman–Crippen LogP) is 3.26. The molecule has 27 heavy (non-hydrogen) atoms. The van der Waals surface area contributed by atoms with Crippen molar-refractivity contribution < 1.29 is 9.53 Å². The van der Waals surface area contributed by atoms with Gasteiger partial charge in [0.2, 0.25) is 0 Å². The fourth-order valence-corrected chi connectivity index (χ4v) is 3.26. The highest BCUT2D eigenvalue weighted by molar-refractivity contribution is 5.67. The number of benzene rings is 1. The Balaban J connectivity index is 1.38. The van der Waals surface area contributed by atoms with Gasteiger partial charge in [-0.1, -0.05) is 30.3 Å². The van der Waals surface area contributed by atoms with Crippen molar-refractivity contribution in [1.29, 1.82) is 0 Å². The van der Waals surface area contributed by atoms with E-state index in [-0.39, 0.29) is 6.09 Å². The number of carbonyl (C=O) groups excluding carboxylic acids is 1. The van der Waals surface area contributed by atoms with E-state index in [0.29, 0.717) is 12.5 Å². The molecule has 6 heteroatoms. The number of piperidine rings is 1. The summed E-state index contributed by atoms with van der Waals surface area (Å²) in [5, 5.41) is 6.61. The van der Waals surface area contributed by atoms with Crippen LogP contribution in [0.1, 0.15) is 24.1 Å². The molecule has 1 amide bonds. The fraction of sp³-hybridized carbons (Fsp3) is 0.429. The Labute approximate surface area is 160 Å². The molecule has 1 fully saturated rings. The average Bonchev–Trinajstić information content (AvgIpc) is 2.72. The van der Waals surface area contributed by atoms with Gasteiger partial charge < -0.3 is 20.3 Å². The lowest BCUT2D eigenvalue weighted by Gasteiger charge is -2.31. The number of amides is 1. The van der Waals surface area contributed by atoms with Crippen molar-refractivity contribution in [2.45, 2.75) is 26.0 Å². The van der Waals surface area contributed by atoms with Crippen LogP contribution < -0.4 is 10.6 Å².